The fourth-order valence-electron chi connectivity index (χ4n) is 5.53. The van der Waals surface area contributed by atoms with Crippen LogP contribution in [0.4, 0.5) is 10.1 Å². The number of carbonyl (C=O) groups excluding carboxylic acids is 1. The third-order valence-electron chi connectivity index (χ3n) is 8.06. The van der Waals surface area contributed by atoms with Crippen LogP contribution in [-0.4, -0.2) is 59.0 Å². The molecule has 8 nitrogen and oxygen atoms in total. The van der Waals surface area contributed by atoms with Gasteiger partial charge in [0.25, 0.3) is 0 Å². The monoisotopic (exact) mass is 571 g/mol. The van der Waals surface area contributed by atoms with Crippen molar-refractivity contribution in [2.24, 2.45) is 16.2 Å². The summed E-state index contributed by atoms with van der Waals surface area (Å²) in [5.41, 5.74) is 2.06. The molecule has 1 aromatic heterocycles. The molecule has 0 radical (unpaired) electrons. The van der Waals surface area contributed by atoms with E-state index < -0.39 is 27.9 Å². The van der Waals surface area contributed by atoms with Gasteiger partial charge in [-0.2, -0.15) is 5.26 Å². The highest BCUT2D eigenvalue weighted by Crippen LogP contribution is 2.46. The first-order valence-electron chi connectivity index (χ1n) is 14.2. The van der Waals surface area contributed by atoms with Crippen LogP contribution in [0.1, 0.15) is 71.4 Å². The van der Waals surface area contributed by atoms with Crippen LogP contribution in [-0.2, 0) is 19.9 Å². The molecule has 0 bridgehead atoms. The van der Waals surface area contributed by atoms with Gasteiger partial charge >= 0.3 is 0 Å². The van der Waals surface area contributed by atoms with Gasteiger partial charge in [0.2, 0.25) is 11.8 Å². The van der Waals surface area contributed by atoms with Gasteiger partial charge in [0.1, 0.15) is 12.2 Å². The molecular weight excluding hydrogens is 529 g/mol. The third-order valence-corrected chi connectivity index (χ3v) is 10.4. The van der Waals surface area contributed by atoms with Gasteiger partial charge in [-0.3, -0.25) is 4.79 Å². The summed E-state index contributed by atoms with van der Waals surface area (Å²) in [6.45, 7) is 11.0. The van der Waals surface area contributed by atoms with E-state index in [4.69, 9.17) is 9.40 Å². The number of benzene rings is 1. The van der Waals surface area contributed by atoms with Crippen molar-refractivity contribution in [1.29, 1.82) is 5.26 Å². The second kappa shape index (κ2) is 11.9. The predicted octanol–water partition coefficient (Wildman–Crippen LogP) is 5.44. The average Bonchev–Trinajstić information content (AvgIpc) is 3.38. The number of rotatable bonds is 6. The first kappa shape index (κ1) is 30.0. The van der Waals surface area contributed by atoms with Crippen molar-refractivity contribution >= 4 is 21.3 Å². The van der Waals surface area contributed by atoms with Crippen LogP contribution in [0, 0.1) is 23.2 Å². The van der Waals surface area contributed by atoms with Gasteiger partial charge in [0.05, 0.1) is 11.8 Å². The Kier molecular flexibility index (Phi) is 8.93. The van der Waals surface area contributed by atoms with Crippen molar-refractivity contribution in [2.45, 2.75) is 77.4 Å². The quantitative estimate of drug-likeness (QED) is 0.494. The number of alkyl halides is 1. The number of nitrogens with one attached hydrogen (secondary N) is 1. The van der Waals surface area contributed by atoms with Crippen LogP contribution in [0.3, 0.4) is 0 Å². The number of nitriles is 1. The molecule has 10 heteroatoms. The van der Waals surface area contributed by atoms with Crippen LogP contribution in [0.25, 0.3) is 11.3 Å². The maximum absolute atomic E-state index is 14.8. The van der Waals surface area contributed by atoms with Gasteiger partial charge in [-0.15, -0.1) is 0 Å². The lowest BCUT2D eigenvalue weighted by Gasteiger charge is -2.33. The summed E-state index contributed by atoms with van der Waals surface area (Å²) < 4.78 is 38.3. The van der Waals surface area contributed by atoms with E-state index in [9.17, 15) is 18.7 Å². The van der Waals surface area contributed by atoms with Gasteiger partial charge < -0.3 is 14.6 Å². The molecule has 0 spiro atoms. The number of hydrogen-bond acceptors (Lipinski definition) is 7. The summed E-state index contributed by atoms with van der Waals surface area (Å²) in [6, 6.07) is 9.43. The molecule has 1 aliphatic carbocycles. The van der Waals surface area contributed by atoms with E-state index >= 15 is 0 Å². The minimum absolute atomic E-state index is 0.0705. The zero-order valence-corrected chi connectivity index (χ0v) is 25.3. The zero-order chi connectivity index (χ0) is 29.2. The van der Waals surface area contributed by atoms with E-state index in [0.29, 0.717) is 54.8 Å². The molecule has 218 valence electrons. The third kappa shape index (κ3) is 6.35. The van der Waals surface area contributed by atoms with Crippen molar-refractivity contribution < 1.29 is 17.8 Å². The van der Waals surface area contributed by atoms with Crippen LogP contribution >= 0.6 is 0 Å². The van der Waals surface area contributed by atoms with E-state index in [1.54, 1.807) is 7.05 Å². The van der Waals surface area contributed by atoms with Crippen LogP contribution < -0.4 is 10.2 Å². The number of nitrogens with zero attached hydrogens (tertiary/aromatic N) is 4. The molecule has 1 saturated heterocycles. The molecule has 40 heavy (non-hydrogen) atoms. The van der Waals surface area contributed by atoms with Gasteiger partial charge in [0, 0.05) is 69.9 Å². The van der Waals surface area contributed by atoms with Crippen molar-refractivity contribution in [3.63, 3.8) is 0 Å². The molecule has 4 atom stereocenters. The Bertz CT molecular complexity index is 1370. The summed E-state index contributed by atoms with van der Waals surface area (Å²) in [5.74, 6) is 0.707. The molecule has 1 aromatic carbocycles. The first-order chi connectivity index (χ1) is 18.9. The lowest BCUT2D eigenvalue weighted by atomic mass is 9.75. The molecule has 1 aliphatic heterocycles. The van der Waals surface area contributed by atoms with E-state index in [2.05, 4.69) is 20.6 Å². The molecule has 1 N–H and O–H groups in total. The van der Waals surface area contributed by atoms with E-state index in [0.717, 1.165) is 11.3 Å². The number of aromatic nitrogens is 1. The topological polar surface area (TPSA) is 112 Å². The van der Waals surface area contributed by atoms with Crippen LogP contribution in [0.2, 0.25) is 0 Å². The van der Waals surface area contributed by atoms with Crippen LogP contribution in [0.5, 0.6) is 0 Å². The molecular formula is C30H42FN5O3S. The number of oxazole rings is 1. The highest BCUT2D eigenvalue weighted by molar-refractivity contribution is 7.93. The SMILES string of the molecule is CN=S1(=O)CCN(c2ccccc2-c2oc(C(C)(C)C)nc2[C@@H]2CC[C@H](F)C[C@H]2C(=O)N[C@H](C#N)C(C)C)CC1. The molecule has 2 fully saturated rings. The smallest absolute Gasteiger partial charge is 0.224 e. The van der Waals surface area contributed by atoms with Crippen molar-refractivity contribution in [2.75, 3.05) is 36.5 Å². The Morgan fingerprint density at radius 2 is 1.93 bits per heavy atom. The standard InChI is InChI=1S/C30H42FN5O3S/c1-19(2)24(18-32)34-28(37)23-17-20(31)11-12-21(23)26-27(39-29(35-26)30(3,4)5)22-9-7-8-10-25(22)36-13-15-40(38,33-6)16-14-36/h7-10,19-21,23-24H,11-17H2,1-6H3,(H,34,37)/t20-,21+,23+,24+/m0/s1. The number of amides is 1. The summed E-state index contributed by atoms with van der Waals surface area (Å²) in [7, 11) is -0.558. The van der Waals surface area contributed by atoms with Crippen molar-refractivity contribution in [3.8, 4) is 17.4 Å². The molecule has 1 amide bonds. The number of carbonyl (C=O) groups is 1. The highest BCUT2D eigenvalue weighted by atomic mass is 32.2. The lowest BCUT2D eigenvalue weighted by molar-refractivity contribution is -0.128. The molecule has 2 aromatic rings. The minimum Gasteiger partial charge on any atom is -0.440 e. The van der Waals surface area contributed by atoms with Gasteiger partial charge in [0.15, 0.2) is 5.76 Å². The van der Waals surface area contributed by atoms with Crippen molar-refractivity contribution in [3.05, 3.63) is 35.9 Å². The molecule has 2 heterocycles. The second-order valence-corrected chi connectivity index (χ2v) is 15.1. The summed E-state index contributed by atoms with van der Waals surface area (Å²) in [4.78, 5) is 20.7. The summed E-state index contributed by atoms with van der Waals surface area (Å²) in [5, 5.41) is 12.4. The Morgan fingerprint density at radius 1 is 1.25 bits per heavy atom. The first-order valence-corrected chi connectivity index (χ1v) is 16.0. The highest BCUT2D eigenvalue weighted by Gasteiger charge is 2.41. The van der Waals surface area contributed by atoms with E-state index in [-0.39, 0.29) is 29.6 Å². The fraction of sp³-hybridized carbons (Fsp3) is 0.633. The summed E-state index contributed by atoms with van der Waals surface area (Å²) >= 11 is 0. The second-order valence-electron chi connectivity index (χ2n) is 12.3. The predicted molar refractivity (Wildman–Crippen MR) is 156 cm³/mol. The number of hydrogen-bond donors (Lipinski definition) is 1. The summed E-state index contributed by atoms with van der Waals surface area (Å²) in [6.07, 6.45) is -0.233. The largest absolute Gasteiger partial charge is 0.440 e. The van der Waals surface area contributed by atoms with Gasteiger partial charge in [-0.05, 0) is 37.3 Å². The van der Waals surface area contributed by atoms with Crippen LogP contribution in [0.15, 0.2) is 33.0 Å². The normalized spacial score (nSPS) is 23.9. The van der Waals surface area contributed by atoms with E-state index in [1.807, 2.05) is 58.9 Å². The van der Waals surface area contributed by atoms with Gasteiger partial charge in [-0.1, -0.05) is 46.8 Å². The van der Waals surface area contributed by atoms with Gasteiger partial charge in [-0.25, -0.2) is 17.9 Å². The zero-order valence-electron chi connectivity index (χ0n) is 24.4. The number of halogens is 1. The number of para-hydroxylation sites is 1. The Balaban J connectivity index is 1.78. The fourth-order valence-corrected chi connectivity index (χ4v) is 7.11. The molecule has 0 unspecified atom stereocenters. The molecule has 2 aliphatic rings. The van der Waals surface area contributed by atoms with Crippen molar-refractivity contribution in [1.82, 2.24) is 10.3 Å². The Hall–Kier alpha value is -2.93. The van der Waals surface area contributed by atoms with E-state index in [1.165, 1.54) is 0 Å². The maximum atomic E-state index is 14.8. The Labute approximate surface area is 237 Å². The molecule has 1 saturated carbocycles. The number of anilines is 1. The Morgan fingerprint density at radius 3 is 2.52 bits per heavy atom. The maximum Gasteiger partial charge on any atom is 0.224 e. The molecule has 4 rings (SSSR count). The minimum atomic E-state index is -2.18. The average molecular weight is 572 g/mol. The lowest BCUT2D eigenvalue weighted by Crippen LogP contribution is -2.44.